The molecule has 1 rings (SSSR count). The summed E-state index contributed by atoms with van der Waals surface area (Å²) >= 11 is 0. The Morgan fingerprint density at radius 2 is 0.951 bits per heavy atom. The minimum atomic E-state index is -1.66. The van der Waals surface area contributed by atoms with Gasteiger partial charge in [-0.3, -0.25) is 4.79 Å². The molecule has 11 nitrogen and oxygen atoms in total. The molecule has 61 heavy (non-hydrogen) atoms. The number of aliphatic hydroxyl groups is 7. The molecule has 1 aliphatic rings. The Hall–Kier alpha value is -1.15. The van der Waals surface area contributed by atoms with E-state index in [2.05, 4.69) is 31.3 Å². The molecule has 0 aromatic carbocycles. The van der Waals surface area contributed by atoms with Gasteiger partial charge in [0.1, 0.15) is 36.6 Å². The van der Waals surface area contributed by atoms with Crippen LogP contribution in [0.5, 0.6) is 0 Å². The number of carbonyl (C=O) groups excluding carboxylic acids is 1. The second-order valence-corrected chi connectivity index (χ2v) is 18.2. The maximum absolute atomic E-state index is 13.1. The molecule has 0 aromatic rings. The van der Waals surface area contributed by atoms with E-state index in [1.807, 2.05) is 0 Å². The summed E-state index contributed by atoms with van der Waals surface area (Å²) < 4.78 is 11.1. The summed E-state index contributed by atoms with van der Waals surface area (Å²) in [5, 5.41) is 75.6. The summed E-state index contributed by atoms with van der Waals surface area (Å²) in [6, 6.07) is -1.16. The highest BCUT2D eigenvalue weighted by Crippen LogP contribution is 2.23. The van der Waals surface area contributed by atoms with E-state index < -0.39 is 74.2 Å². The van der Waals surface area contributed by atoms with Crippen LogP contribution in [-0.4, -0.2) is 110 Å². The molecule has 0 aliphatic carbocycles. The molecule has 1 heterocycles. The van der Waals surface area contributed by atoms with Crippen LogP contribution in [0.4, 0.5) is 0 Å². The monoisotopic (exact) mass is 872 g/mol. The van der Waals surface area contributed by atoms with Gasteiger partial charge in [-0.05, 0) is 38.5 Å². The Morgan fingerprint density at radius 3 is 1.38 bits per heavy atom. The molecule has 0 radical (unpaired) electrons. The van der Waals surface area contributed by atoms with Gasteiger partial charge in [-0.2, -0.15) is 0 Å². The third-order valence-corrected chi connectivity index (χ3v) is 12.6. The lowest BCUT2D eigenvalue weighted by molar-refractivity contribution is -0.303. The number of rotatable bonds is 43. The number of hydrogen-bond acceptors (Lipinski definition) is 10. The van der Waals surface area contributed by atoms with E-state index >= 15 is 0 Å². The van der Waals surface area contributed by atoms with Crippen LogP contribution in [0.15, 0.2) is 12.2 Å². The molecule has 11 heteroatoms. The minimum Gasteiger partial charge on any atom is -0.394 e. The fourth-order valence-electron chi connectivity index (χ4n) is 8.32. The third kappa shape index (κ3) is 29.8. The van der Waals surface area contributed by atoms with Gasteiger partial charge in [-0.25, -0.2) is 0 Å². The Morgan fingerprint density at radius 1 is 0.557 bits per heavy atom. The topological polar surface area (TPSA) is 189 Å². The number of allylic oxidation sites excluding steroid dienone is 2. The molecule has 1 fully saturated rings. The van der Waals surface area contributed by atoms with Crippen molar-refractivity contribution in [3.63, 3.8) is 0 Å². The second-order valence-electron chi connectivity index (χ2n) is 18.2. The van der Waals surface area contributed by atoms with Crippen molar-refractivity contribution in [1.82, 2.24) is 5.32 Å². The number of carbonyl (C=O) groups is 1. The maximum atomic E-state index is 13.1. The average molecular weight is 872 g/mol. The standard InChI is InChI=1S/C50H97NO10/c1-3-5-7-9-11-13-14-15-16-17-18-19-20-21-22-23-24-25-26-27-28-30-32-34-36-38-43(54)49(59)51-41(40-60-50-48(58)47(57)46(56)44(39-52)61-50)45(55)42(53)37-35-33-31-29-12-10-8-6-4-2/h21-22,41-48,50,52-58H,3-20,23-40H2,1-2H3,(H,51,59)/b22-21-. The largest absolute Gasteiger partial charge is 0.394 e. The molecular formula is C50H97NO10. The Balaban J connectivity index is 2.28. The average Bonchev–Trinajstić information content (AvgIpc) is 3.26. The first-order valence-electron chi connectivity index (χ1n) is 25.6. The first kappa shape index (κ1) is 57.9. The van der Waals surface area contributed by atoms with Crippen LogP contribution in [-0.2, 0) is 14.3 Å². The van der Waals surface area contributed by atoms with Crippen molar-refractivity contribution in [1.29, 1.82) is 0 Å². The first-order valence-corrected chi connectivity index (χ1v) is 25.6. The van der Waals surface area contributed by atoms with E-state index in [9.17, 15) is 40.5 Å². The SMILES string of the molecule is CCCCCCCCCCCCCC/C=C\CCCCCCCCCCCC(O)C(=O)NC(COC1OC(CO)C(O)C(O)C1O)C(O)C(O)CCCCCCCCCCC. The van der Waals surface area contributed by atoms with Crippen LogP contribution in [0, 0.1) is 0 Å². The highest BCUT2D eigenvalue weighted by molar-refractivity contribution is 5.80. The summed E-state index contributed by atoms with van der Waals surface area (Å²) in [6.07, 6.45) is 32.9. The van der Waals surface area contributed by atoms with Gasteiger partial charge in [0.25, 0.3) is 0 Å². The van der Waals surface area contributed by atoms with Gasteiger partial charge in [0.15, 0.2) is 6.29 Å². The van der Waals surface area contributed by atoms with Gasteiger partial charge >= 0.3 is 0 Å². The molecule has 9 atom stereocenters. The molecule has 0 saturated carbocycles. The Labute approximate surface area is 372 Å². The molecule has 1 amide bonds. The predicted molar refractivity (Wildman–Crippen MR) is 247 cm³/mol. The summed E-state index contributed by atoms with van der Waals surface area (Å²) in [5.41, 5.74) is 0. The van der Waals surface area contributed by atoms with Crippen LogP contribution in [0.25, 0.3) is 0 Å². The Kier molecular flexibility index (Phi) is 38.3. The summed E-state index contributed by atoms with van der Waals surface area (Å²) in [5.74, 6) is -0.698. The summed E-state index contributed by atoms with van der Waals surface area (Å²) in [6.45, 7) is 3.42. The van der Waals surface area contributed by atoms with E-state index in [4.69, 9.17) is 9.47 Å². The van der Waals surface area contributed by atoms with Crippen molar-refractivity contribution in [3.8, 4) is 0 Å². The van der Waals surface area contributed by atoms with Crippen LogP contribution in [0.3, 0.4) is 0 Å². The van der Waals surface area contributed by atoms with Gasteiger partial charge in [0, 0.05) is 0 Å². The highest BCUT2D eigenvalue weighted by Gasteiger charge is 2.44. The van der Waals surface area contributed by atoms with E-state index in [0.29, 0.717) is 19.3 Å². The number of nitrogens with one attached hydrogen (secondary N) is 1. The highest BCUT2D eigenvalue weighted by atomic mass is 16.7. The number of hydrogen-bond donors (Lipinski definition) is 8. The third-order valence-electron chi connectivity index (χ3n) is 12.6. The fourth-order valence-corrected chi connectivity index (χ4v) is 8.32. The zero-order valence-electron chi connectivity index (χ0n) is 39.2. The predicted octanol–water partition coefficient (Wildman–Crippen LogP) is 9.23. The minimum absolute atomic E-state index is 0.260. The number of amides is 1. The van der Waals surface area contributed by atoms with Crippen molar-refractivity contribution < 1.29 is 50.0 Å². The lowest BCUT2D eigenvalue weighted by Gasteiger charge is -2.40. The van der Waals surface area contributed by atoms with Crippen LogP contribution in [0.2, 0.25) is 0 Å². The lowest BCUT2D eigenvalue weighted by Crippen LogP contribution is -2.60. The zero-order chi connectivity index (χ0) is 44.8. The van der Waals surface area contributed by atoms with Crippen LogP contribution in [0.1, 0.15) is 232 Å². The molecule has 0 bridgehead atoms. The van der Waals surface area contributed by atoms with Gasteiger partial charge in [0.05, 0.1) is 25.4 Å². The second kappa shape index (κ2) is 40.4. The molecule has 362 valence electrons. The number of ether oxygens (including phenoxy) is 2. The van der Waals surface area contributed by atoms with Gasteiger partial charge in [0.2, 0.25) is 5.91 Å². The van der Waals surface area contributed by atoms with Crippen LogP contribution >= 0.6 is 0 Å². The Bertz CT molecular complexity index is 1000. The van der Waals surface area contributed by atoms with Crippen molar-refractivity contribution in [2.45, 2.75) is 287 Å². The summed E-state index contributed by atoms with van der Waals surface area (Å²) in [7, 11) is 0. The molecule has 0 aromatic heterocycles. The zero-order valence-corrected chi connectivity index (χ0v) is 39.2. The maximum Gasteiger partial charge on any atom is 0.249 e. The van der Waals surface area contributed by atoms with Gasteiger partial charge in [-0.15, -0.1) is 0 Å². The van der Waals surface area contributed by atoms with Gasteiger partial charge < -0.3 is 50.5 Å². The van der Waals surface area contributed by atoms with E-state index in [-0.39, 0.29) is 6.42 Å². The van der Waals surface area contributed by atoms with Crippen molar-refractivity contribution in [2.75, 3.05) is 13.2 Å². The smallest absolute Gasteiger partial charge is 0.249 e. The fraction of sp³-hybridized carbons (Fsp3) is 0.940. The van der Waals surface area contributed by atoms with Crippen LogP contribution < -0.4 is 5.32 Å². The normalized spacial score (nSPS) is 21.5. The number of unbranched alkanes of at least 4 members (excludes halogenated alkanes) is 29. The molecule has 1 aliphatic heterocycles. The molecular weight excluding hydrogens is 775 g/mol. The summed E-state index contributed by atoms with van der Waals surface area (Å²) in [4.78, 5) is 13.1. The molecule has 0 spiro atoms. The molecule has 1 saturated heterocycles. The van der Waals surface area contributed by atoms with E-state index in [1.165, 1.54) is 154 Å². The van der Waals surface area contributed by atoms with Crippen molar-refractivity contribution in [2.24, 2.45) is 0 Å². The molecule has 9 unspecified atom stereocenters. The first-order chi connectivity index (χ1) is 29.7. The quantitative estimate of drug-likeness (QED) is 0.0217. The van der Waals surface area contributed by atoms with Gasteiger partial charge in [-0.1, -0.05) is 206 Å². The van der Waals surface area contributed by atoms with Crippen molar-refractivity contribution in [3.05, 3.63) is 12.2 Å². The number of aliphatic hydroxyl groups excluding tert-OH is 7. The van der Waals surface area contributed by atoms with E-state index in [0.717, 1.165) is 38.5 Å². The molecule has 8 N–H and O–H groups in total. The van der Waals surface area contributed by atoms with Crippen molar-refractivity contribution >= 4 is 5.91 Å². The lowest BCUT2D eigenvalue weighted by atomic mass is 9.98. The van der Waals surface area contributed by atoms with E-state index in [1.54, 1.807) is 0 Å².